The Bertz CT molecular complexity index is 1480. The van der Waals surface area contributed by atoms with Crippen LogP contribution in [0.4, 0.5) is 32.3 Å². The Kier molecular flexibility index (Phi) is 6.08. The van der Waals surface area contributed by atoms with Crippen molar-refractivity contribution in [3.05, 3.63) is 120 Å². The summed E-state index contributed by atoms with van der Waals surface area (Å²) in [4.78, 5) is 36.2. The Morgan fingerprint density at radius 1 is 0.600 bits per heavy atom. The largest absolute Gasteiger partial charge is 0.329 e. The molecular weight excluding hydrogens is 496 g/mol. The van der Waals surface area contributed by atoms with Crippen LogP contribution in [0.1, 0.15) is 24.0 Å². The number of anilines is 4. The summed E-state index contributed by atoms with van der Waals surface area (Å²) < 4.78 is 0. The van der Waals surface area contributed by atoms with E-state index in [0.717, 1.165) is 46.7 Å². The van der Waals surface area contributed by atoms with Crippen molar-refractivity contribution in [1.29, 1.82) is 0 Å². The highest BCUT2D eigenvalue weighted by molar-refractivity contribution is 6.06. The van der Waals surface area contributed by atoms with Gasteiger partial charge in [0.2, 0.25) is 0 Å². The molecule has 2 bridgehead atoms. The van der Waals surface area contributed by atoms with E-state index in [0.29, 0.717) is 13.1 Å². The van der Waals surface area contributed by atoms with Crippen LogP contribution in [0, 0.1) is 0 Å². The van der Waals surface area contributed by atoms with Gasteiger partial charge in [0, 0.05) is 13.1 Å². The standard InChI is InChI=1S/C34H30N4O2/c39-33(36(27-13-3-1-4-14-27)28-15-5-2-6-16-28)35-23-29-21-22-30(24-35)37(29)34(40)38-31-17-9-7-11-25(31)19-20-26-12-8-10-18-32(26)38/h1-20,29-30H,21-24H2/t29-,30+. The molecule has 2 fully saturated rings. The molecule has 0 aromatic heterocycles. The minimum Gasteiger partial charge on any atom is -0.320 e. The van der Waals surface area contributed by atoms with E-state index in [4.69, 9.17) is 0 Å². The van der Waals surface area contributed by atoms with Crippen molar-refractivity contribution in [2.45, 2.75) is 24.9 Å². The second kappa shape index (κ2) is 10.0. The summed E-state index contributed by atoms with van der Waals surface area (Å²) in [6.07, 6.45) is 5.92. The van der Waals surface area contributed by atoms with Crippen LogP contribution in [-0.4, -0.2) is 47.0 Å². The van der Waals surface area contributed by atoms with Gasteiger partial charge in [0.1, 0.15) is 0 Å². The van der Waals surface area contributed by atoms with Gasteiger partial charge in [0.05, 0.1) is 34.8 Å². The van der Waals surface area contributed by atoms with Gasteiger partial charge >= 0.3 is 12.1 Å². The normalized spacial score (nSPS) is 19.1. The maximum absolute atomic E-state index is 14.5. The van der Waals surface area contributed by atoms with Gasteiger partial charge in [0.15, 0.2) is 0 Å². The summed E-state index contributed by atoms with van der Waals surface area (Å²) in [7, 11) is 0. The fourth-order valence-electron chi connectivity index (χ4n) is 6.33. The smallest absolute Gasteiger partial charge is 0.320 e. The Balaban J connectivity index is 1.19. The Labute approximate surface area is 234 Å². The maximum Gasteiger partial charge on any atom is 0.329 e. The predicted molar refractivity (Wildman–Crippen MR) is 160 cm³/mol. The number of nitrogens with zero attached hydrogens (tertiary/aromatic N) is 4. The third-order valence-electron chi connectivity index (χ3n) is 8.18. The highest BCUT2D eigenvalue weighted by atomic mass is 16.2. The molecule has 4 amide bonds. The lowest BCUT2D eigenvalue weighted by Crippen LogP contribution is -2.60. The lowest BCUT2D eigenvalue weighted by molar-refractivity contribution is 0.108. The van der Waals surface area contributed by atoms with Gasteiger partial charge in [0.25, 0.3) is 0 Å². The number of para-hydroxylation sites is 4. The number of amides is 4. The Hall–Kier alpha value is -4.84. The summed E-state index contributed by atoms with van der Waals surface area (Å²) in [5.74, 6) is 0. The molecule has 4 aromatic rings. The molecule has 0 saturated carbocycles. The predicted octanol–water partition coefficient (Wildman–Crippen LogP) is 7.54. The quantitative estimate of drug-likeness (QED) is 0.271. The number of piperazine rings is 1. The monoisotopic (exact) mass is 526 g/mol. The average molecular weight is 527 g/mol. The van der Waals surface area contributed by atoms with Crippen LogP contribution in [-0.2, 0) is 0 Å². The molecule has 0 N–H and O–H groups in total. The van der Waals surface area contributed by atoms with E-state index < -0.39 is 0 Å². The van der Waals surface area contributed by atoms with Gasteiger partial charge in [-0.25, -0.2) is 9.59 Å². The first-order valence-corrected chi connectivity index (χ1v) is 13.9. The molecule has 198 valence electrons. The zero-order valence-electron chi connectivity index (χ0n) is 22.1. The van der Waals surface area contributed by atoms with Gasteiger partial charge in [-0.1, -0.05) is 84.9 Å². The van der Waals surface area contributed by atoms with Gasteiger partial charge in [-0.15, -0.1) is 0 Å². The maximum atomic E-state index is 14.5. The number of hydrogen-bond donors (Lipinski definition) is 0. The molecule has 2 atom stereocenters. The van der Waals surface area contributed by atoms with Gasteiger partial charge in [-0.05, 0) is 60.4 Å². The number of rotatable bonds is 2. The van der Waals surface area contributed by atoms with Crippen molar-refractivity contribution in [3.63, 3.8) is 0 Å². The van der Waals surface area contributed by atoms with E-state index in [1.807, 2.05) is 124 Å². The third kappa shape index (κ3) is 4.13. The highest BCUT2D eigenvalue weighted by Crippen LogP contribution is 2.40. The number of carbonyl (C=O) groups is 2. The van der Waals surface area contributed by atoms with Crippen molar-refractivity contribution in [2.24, 2.45) is 0 Å². The van der Waals surface area contributed by atoms with Crippen LogP contribution in [0.25, 0.3) is 12.2 Å². The SMILES string of the molecule is O=C(N1C[C@H]2CC[C@@H](C1)N2C(=O)N1c2ccccc2C=Cc2ccccc21)N(c1ccccc1)c1ccccc1. The topological polar surface area (TPSA) is 47.1 Å². The summed E-state index contributed by atoms with van der Waals surface area (Å²) in [5.41, 5.74) is 5.44. The van der Waals surface area contributed by atoms with Gasteiger partial charge in [-0.2, -0.15) is 0 Å². The first-order chi connectivity index (χ1) is 19.7. The van der Waals surface area contributed by atoms with Crippen molar-refractivity contribution in [3.8, 4) is 0 Å². The minimum atomic E-state index is -0.0592. The first-order valence-electron chi connectivity index (χ1n) is 13.9. The van der Waals surface area contributed by atoms with Crippen LogP contribution in [0.15, 0.2) is 109 Å². The summed E-state index contributed by atoms with van der Waals surface area (Å²) >= 11 is 0. The molecule has 7 rings (SSSR count). The number of fused-ring (bicyclic) bond motifs is 4. The number of urea groups is 2. The zero-order valence-corrected chi connectivity index (χ0v) is 22.1. The van der Waals surface area contributed by atoms with Crippen LogP contribution in [0.3, 0.4) is 0 Å². The van der Waals surface area contributed by atoms with Crippen molar-refractivity contribution in [1.82, 2.24) is 9.80 Å². The fraction of sp³-hybridized carbons (Fsp3) is 0.176. The van der Waals surface area contributed by atoms with E-state index in [9.17, 15) is 9.59 Å². The van der Waals surface area contributed by atoms with E-state index in [-0.39, 0.29) is 24.1 Å². The van der Waals surface area contributed by atoms with Gasteiger partial charge in [-0.3, -0.25) is 9.80 Å². The molecule has 0 unspecified atom stereocenters. The van der Waals surface area contributed by atoms with E-state index in [1.165, 1.54) is 0 Å². The highest BCUT2D eigenvalue weighted by Gasteiger charge is 2.47. The molecule has 3 aliphatic rings. The average Bonchev–Trinajstić information content (AvgIpc) is 3.16. The molecule has 40 heavy (non-hydrogen) atoms. The molecule has 3 aliphatic heterocycles. The second-order valence-corrected chi connectivity index (χ2v) is 10.6. The number of benzene rings is 4. The lowest BCUT2D eigenvalue weighted by Gasteiger charge is -2.44. The number of carbonyl (C=O) groups excluding carboxylic acids is 2. The van der Waals surface area contributed by atoms with Crippen LogP contribution < -0.4 is 9.80 Å². The van der Waals surface area contributed by atoms with Crippen LogP contribution in [0.5, 0.6) is 0 Å². The van der Waals surface area contributed by atoms with E-state index in [2.05, 4.69) is 12.2 Å². The Morgan fingerprint density at radius 2 is 1.05 bits per heavy atom. The molecule has 4 aromatic carbocycles. The molecule has 6 nitrogen and oxygen atoms in total. The van der Waals surface area contributed by atoms with Crippen molar-refractivity contribution in [2.75, 3.05) is 22.9 Å². The lowest BCUT2D eigenvalue weighted by atomic mass is 10.1. The zero-order chi connectivity index (χ0) is 27.1. The van der Waals surface area contributed by atoms with Crippen molar-refractivity contribution >= 4 is 47.0 Å². The van der Waals surface area contributed by atoms with Gasteiger partial charge < -0.3 is 9.80 Å². The molecule has 6 heteroatoms. The van der Waals surface area contributed by atoms with E-state index in [1.54, 1.807) is 4.90 Å². The molecule has 0 radical (unpaired) electrons. The summed E-state index contributed by atoms with van der Waals surface area (Å²) in [6, 6.07) is 35.5. The molecular formula is C34H30N4O2. The third-order valence-corrected chi connectivity index (χ3v) is 8.18. The minimum absolute atomic E-state index is 0.0221. The number of likely N-dealkylation sites (tertiary alicyclic amines) is 1. The second-order valence-electron chi connectivity index (χ2n) is 10.6. The van der Waals surface area contributed by atoms with Crippen LogP contribution in [0.2, 0.25) is 0 Å². The fourth-order valence-corrected chi connectivity index (χ4v) is 6.33. The molecule has 0 aliphatic carbocycles. The van der Waals surface area contributed by atoms with Crippen LogP contribution >= 0.6 is 0 Å². The molecule has 0 spiro atoms. The summed E-state index contributed by atoms with van der Waals surface area (Å²) in [5, 5.41) is 0. The number of hydrogen-bond acceptors (Lipinski definition) is 2. The molecule has 3 heterocycles. The Morgan fingerprint density at radius 3 is 1.55 bits per heavy atom. The molecule has 2 saturated heterocycles. The summed E-state index contributed by atoms with van der Waals surface area (Å²) in [6.45, 7) is 1.01. The van der Waals surface area contributed by atoms with Crippen molar-refractivity contribution < 1.29 is 9.59 Å². The first kappa shape index (κ1) is 24.2. The van der Waals surface area contributed by atoms with E-state index >= 15 is 0 Å².